The van der Waals surface area contributed by atoms with E-state index < -0.39 is 0 Å². The van der Waals surface area contributed by atoms with E-state index in [2.05, 4.69) is 17.1 Å². The number of benzene rings is 2. The zero-order valence-electron chi connectivity index (χ0n) is 15.4. The number of hydrogen-bond acceptors (Lipinski definition) is 5. The van der Waals surface area contributed by atoms with E-state index in [4.69, 9.17) is 14.6 Å². The zero-order valence-corrected chi connectivity index (χ0v) is 15.4. The Balaban J connectivity index is 1.69. The highest BCUT2D eigenvalue weighted by Gasteiger charge is 2.30. The Hall–Kier alpha value is -3.34. The maximum Gasteiger partial charge on any atom is 0.149 e. The van der Waals surface area contributed by atoms with Gasteiger partial charge in [0, 0.05) is 12.6 Å². The molecule has 0 radical (unpaired) electrons. The van der Waals surface area contributed by atoms with Crippen LogP contribution >= 0.6 is 0 Å². The molecule has 0 bridgehead atoms. The number of anilines is 1. The largest absolute Gasteiger partial charge is 0.497 e. The van der Waals surface area contributed by atoms with Gasteiger partial charge in [0.2, 0.25) is 0 Å². The summed E-state index contributed by atoms with van der Waals surface area (Å²) in [5, 5.41) is 6.90. The van der Waals surface area contributed by atoms with Crippen molar-refractivity contribution in [3.8, 4) is 11.5 Å². The van der Waals surface area contributed by atoms with Crippen LogP contribution in [0.1, 0.15) is 23.6 Å². The van der Waals surface area contributed by atoms with Gasteiger partial charge in [-0.3, -0.25) is 0 Å². The molecule has 1 aromatic heterocycles. The second-order valence-electron chi connectivity index (χ2n) is 6.30. The Kier molecular flexibility index (Phi) is 4.75. The minimum absolute atomic E-state index is 0.0860. The van der Waals surface area contributed by atoms with Crippen LogP contribution in [0.15, 0.2) is 78.0 Å². The molecule has 5 heteroatoms. The summed E-state index contributed by atoms with van der Waals surface area (Å²) in [6.07, 6.45) is 2.59. The van der Waals surface area contributed by atoms with Crippen LogP contribution in [0.2, 0.25) is 0 Å². The monoisotopic (exact) mass is 359 g/mol. The smallest absolute Gasteiger partial charge is 0.149 e. The molecule has 0 N–H and O–H groups in total. The first-order chi connectivity index (χ1) is 13.3. The van der Waals surface area contributed by atoms with Crippen LogP contribution in [0.4, 0.5) is 5.82 Å². The lowest BCUT2D eigenvalue weighted by atomic mass is 9.98. The summed E-state index contributed by atoms with van der Waals surface area (Å²) >= 11 is 0. The predicted octanol–water partition coefficient (Wildman–Crippen LogP) is 4.45. The number of nitrogens with zero attached hydrogens (tertiary/aromatic N) is 3. The standard InChI is InChI=1S/C22H21N3O2/c1-26-18-10-6-16(7-11-18)20-15-21(17-8-12-19(27-2)13-9-17)25(24-20)22-5-3-4-14-23-22/h3-14,21H,15H2,1-2H3. The number of rotatable bonds is 5. The molecule has 2 aromatic carbocycles. The molecule has 2 heterocycles. The van der Waals surface area contributed by atoms with Gasteiger partial charge in [-0.2, -0.15) is 5.10 Å². The van der Waals surface area contributed by atoms with E-state index in [-0.39, 0.29) is 6.04 Å². The molecule has 3 aromatic rings. The van der Waals surface area contributed by atoms with E-state index in [1.807, 2.05) is 59.6 Å². The van der Waals surface area contributed by atoms with Crippen LogP contribution in [0.25, 0.3) is 0 Å². The summed E-state index contributed by atoms with van der Waals surface area (Å²) in [7, 11) is 3.35. The normalized spacial score (nSPS) is 16.1. The zero-order chi connectivity index (χ0) is 18.6. The van der Waals surface area contributed by atoms with E-state index in [0.717, 1.165) is 35.0 Å². The van der Waals surface area contributed by atoms with E-state index in [1.165, 1.54) is 5.56 Å². The number of methoxy groups -OCH3 is 2. The molecule has 1 unspecified atom stereocenters. The lowest BCUT2D eigenvalue weighted by Gasteiger charge is -2.23. The van der Waals surface area contributed by atoms with Gasteiger partial charge in [-0.1, -0.05) is 18.2 Å². The average Bonchev–Trinajstić information content (AvgIpc) is 3.20. The minimum atomic E-state index is 0.0860. The molecule has 0 saturated heterocycles. The third kappa shape index (κ3) is 3.49. The molecule has 0 fully saturated rings. The van der Waals surface area contributed by atoms with Crippen molar-refractivity contribution in [3.05, 3.63) is 84.1 Å². The molecule has 0 amide bonds. The number of aromatic nitrogens is 1. The van der Waals surface area contributed by atoms with Gasteiger partial charge in [-0.05, 0) is 59.7 Å². The van der Waals surface area contributed by atoms with Gasteiger partial charge in [-0.15, -0.1) is 0 Å². The minimum Gasteiger partial charge on any atom is -0.497 e. The molecule has 1 aliphatic rings. The topological polar surface area (TPSA) is 47.0 Å². The SMILES string of the molecule is COc1ccc(C2=NN(c3ccccn3)C(c3ccc(OC)cc3)C2)cc1. The summed E-state index contributed by atoms with van der Waals surface area (Å²) in [5.41, 5.74) is 3.30. The summed E-state index contributed by atoms with van der Waals surface area (Å²) < 4.78 is 10.6. The maximum absolute atomic E-state index is 5.29. The van der Waals surface area contributed by atoms with Crippen LogP contribution in [-0.4, -0.2) is 24.9 Å². The fraction of sp³-hybridized carbons (Fsp3) is 0.182. The first-order valence-corrected chi connectivity index (χ1v) is 8.84. The maximum atomic E-state index is 5.29. The summed E-state index contributed by atoms with van der Waals surface area (Å²) in [6.45, 7) is 0. The number of pyridine rings is 1. The Labute approximate surface area is 158 Å². The van der Waals surface area contributed by atoms with Crippen LogP contribution in [-0.2, 0) is 0 Å². The molecule has 0 saturated carbocycles. The Morgan fingerprint density at radius 3 is 2.11 bits per heavy atom. The summed E-state index contributed by atoms with van der Waals surface area (Å²) in [5.74, 6) is 2.52. The van der Waals surface area contributed by atoms with Crippen molar-refractivity contribution in [1.82, 2.24) is 4.98 Å². The number of ether oxygens (including phenoxy) is 2. The predicted molar refractivity (Wildman–Crippen MR) is 107 cm³/mol. The van der Waals surface area contributed by atoms with Crippen molar-refractivity contribution in [1.29, 1.82) is 0 Å². The van der Waals surface area contributed by atoms with E-state index in [9.17, 15) is 0 Å². The number of hydrazone groups is 1. The van der Waals surface area contributed by atoms with E-state index in [0.29, 0.717) is 0 Å². The van der Waals surface area contributed by atoms with Gasteiger partial charge in [0.15, 0.2) is 0 Å². The fourth-order valence-electron chi connectivity index (χ4n) is 3.25. The van der Waals surface area contributed by atoms with Crippen LogP contribution in [0, 0.1) is 0 Å². The van der Waals surface area contributed by atoms with Crippen molar-refractivity contribution < 1.29 is 9.47 Å². The van der Waals surface area contributed by atoms with Crippen LogP contribution in [0.5, 0.6) is 11.5 Å². The molecule has 4 rings (SSSR count). The molecule has 1 atom stereocenters. The molecule has 5 nitrogen and oxygen atoms in total. The van der Waals surface area contributed by atoms with Gasteiger partial charge in [0.05, 0.1) is 26.0 Å². The highest BCUT2D eigenvalue weighted by molar-refractivity contribution is 6.03. The van der Waals surface area contributed by atoms with Gasteiger partial charge in [-0.25, -0.2) is 9.99 Å². The Morgan fingerprint density at radius 2 is 1.52 bits per heavy atom. The second-order valence-corrected chi connectivity index (χ2v) is 6.30. The van der Waals surface area contributed by atoms with Crippen LogP contribution < -0.4 is 14.5 Å². The fourth-order valence-corrected chi connectivity index (χ4v) is 3.25. The van der Waals surface area contributed by atoms with Gasteiger partial charge >= 0.3 is 0 Å². The lowest BCUT2D eigenvalue weighted by Crippen LogP contribution is -2.19. The summed E-state index contributed by atoms with van der Waals surface area (Å²) in [6, 6.07) is 22.1. The first kappa shape index (κ1) is 17.1. The van der Waals surface area contributed by atoms with Gasteiger partial charge in [0.25, 0.3) is 0 Å². The lowest BCUT2D eigenvalue weighted by molar-refractivity contribution is 0.414. The quantitative estimate of drug-likeness (QED) is 0.675. The van der Waals surface area contributed by atoms with Crippen LogP contribution in [0.3, 0.4) is 0 Å². The summed E-state index contributed by atoms with van der Waals surface area (Å²) in [4.78, 5) is 4.50. The third-order valence-electron chi connectivity index (χ3n) is 4.72. The number of hydrogen-bond donors (Lipinski definition) is 0. The highest BCUT2D eigenvalue weighted by atomic mass is 16.5. The van der Waals surface area contributed by atoms with Crippen molar-refractivity contribution in [2.75, 3.05) is 19.2 Å². The molecule has 136 valence electrons. The van der Waals surface area contributed by atoms with Crippen molar-refractivity contribution in [2.24, 2.45) is 5.10 Å². The van der Waals surface area contributed by atoms with E-state index in [1.54, 1.807) is 20.4 Å². The molecular formula is C22H21N3O2. The van der Waals surface area contributed by atoms with Crippen molar-refractivity contribution in [3.63, 3.8) is 0 Å². The Morgan fingerprint density at radius 1 is 0.852 bits per heavy atom. The molecular weight excluding hydrogens is 338 g/mol. The molecule has 27 heavy (non-hydrogen) atoms. The first-order valence-electron chi connectivity index (χ1n) is 8.84. The molecule has 1 aliphatic heterocycles. The highest BCUT2D eigenvalue weighted by Crippen LogP contribution is 2.36. The van der Waals surface area contributed by atoms with Crippen molar-refractivity contribution >= 4 is 11.5 Å². The van der Waals surface area contributed by atoms with Gasteiger partial charge in [0.1, 0.15) is 17.3 Å². The Bertz CT molecular complexity index is 922. The van der Waals surface area contributed by atoms with E-state index >= 15 is 0 Å². The molecule has 0 spiro atoms. The van der Waals surface area contributed by atoms with Gasteiger partial charge < -0.3 is 9.47 Å². The third-order valence-corrected chi connectivity index (χ3v) is 4.72. The second kappa shape index (κ2) is 7.50. The molecule has 0 aliphatic carbocycles. The van der Waals surface area contributed by atoms with Crippen molar-refractivity contribution in [2.45, 2.75) is 12.5 Å². The average molecular weight is 359 g/mol.